The van der Waals surface area contributed by atoms with Gasteiger partial charge in [-0.3, -0.25) is 9.59 Å². The molecule has 0 atom stereocenters. The summed E-state index contributed by atoms with van der Waals surface area (Å²) in [5.41, 5.74) is 0.628. The van der Waals surface area contributed by atoms with E-state index in [2.05, 4.69) is 15.5 Å². The van der Waals surface area contributed by atoms with E-state index in [0.29, 0.717) is 5.56 Å². The van der Waals surface area contributed by atoms with Gasteiger partial charge >= 0.3 is 5.97 Å². The highest BCUT2D eigenvalue weighted by Gasteiger charge is 2.13. The van der Waals surface area contributed by atoms with Crippen molar-refractivity contribution in [1.82, 2.24) is 15.5 Å². The van der Waals surface area contributed by atoms with Crippen molar-refractivity contribution in [3.63, 3.8) is 0 Å². The lowest BCUT2D eigenvalue weighted by molar-refractivity contribution is -0.144. The van der Waals surface area contributed by atoms with Crippen molar-refractivity contribution in [2.75, 3.05) is 6.54 Å². The van der Waals surface area contributed by atoms with Crippen LogP contribution in [-0.2, 0) is 16.1 Å². The first-order valence-corrected chi connectivity index (χ1v) is 7.79. The minimum Gasteiger partial charge on any atom is -0.454 e. The number of aromatic nitrogens is 2. The fourth-order valence-corrected chi connectivity index (χ4v) is 2.11. The van der Waals surface area contributed by atoms with E-state index in [4.69, 9.17) is 9.26 Å². The van der Waals surface area contributed by atoms with Gasteiger partial charge in [0, 0.05) is 11.1 Å². The number of esters is 1. The first-order chi connectivity index (χ1) is 13.0. The molecule has 0 unspecified atom stereocenters. The lowest BCUT2D eigenvalue weighted by Crippen LogP contribution is -2.30. The maximum Gasteiger partial charge on any atom is 0.325 e. The Morgan fingerprint density at radius 3 is 2.59 bits per heavy atom. The van der Waals surface area contributed by atoms with Gasteiger partial charge in [-0.1, -0.05) is 11.2 Å². The summed E-state index contributed by atoms with van der Waals surface area (Å²) in [4.78, 5) is 27.5. The van der Waals surface area contributed by atoms with Crippen LogP contribution in [0, 0.1) is 11.6 Å². The van der Waals surface area contributed by atoms with Crippen LogP contribution in [0.4, 0.5) is 8.78 Å². The molecule has 0 aliphatic rings. The monoisotopic (exact) mass is 373 g/mol. The second kappa shape index (κ2) is 8.17. The molecule has 9 heteroatoms. The highest BCUT2D eigenvalue weighted by Crippen LogP contribution is 2.16. The SMILES string of the molecule is O=C(CNC(=O)c1cccc(F)c1)OCc1nc(-c2ccc(F)cc2)no1. The Labute approximate surface area is 152 Å². The molecule has 3 rings (SSSR count). The van der Waals surface area contributed by atoms with Crippen LogP contribution in [0.5, 0.6) is 0 Å². The first kappa shape index (κ1) is 18.2. The van der Waals surface area contributed by atoms with E-state index in [-0.39, 0.29) is 23.9 Å². The van der Waals surface area contributed by atoms with Crippen LogP contribution in [0.2, 0.25) is 0 Å². The number of nitrogens with one attached hydrogen (secondary N) is 1. The lowest BCUT2D eigenvalue weighted by atomic mass is 10.2. The molecule has 0 aliphatic heterocycles. The number of hydrogen-bond acceptors (Lipinski definition) is 6. The van der Waals surface area contributed by atoms with Gasteiger partial charge in [0.1, 0.15) is 18.2 Å². The maximum absolute atomic E-state index is 13.1. The molecule has 0 saturated heterocycles. The van der Waals surface area contributed by atoms with E-state index in [9.17, 15) is 18.4 Å². The van der Waals surface area contributed by atoms with Crippen molar-refractivity contribution in [2.45, 2.75) is 6.61 Å². The highest BCUT2D eigenvalue weighted by atomic mass is 19.1. The molecule has 1 N–H and O–H groups in total. The van der Waals surface area contributed by atoms with Crippen LogP contribution in [0.25, 0.3) is 11.4 Å². The third-order valence-corrected chi connectivity index (χ3v) is 3.41. The summed E-state index contributed by atoms with van der Waals surface area (Å²) in [6.45, 7) is -0.697. The van der Waals surface area contributed by atoms with Gasteiger partial charge in [0.15, 0.2) is 6.61 Å². The summed E-state index contributed by atoms with van der Waals surface area (Å²) in [6.07, 6.45) is 0. The molecule has 2 aromatic carbocycles. The van der Waals surface area contributed by atoms with E-state index in [0.717, 1.165) is 6.07 Å². The number of halogens is 2. The molecule has 1 heterocycles. The molecule has 27 heavy (non-hydrogen) atoms. The standard InChI is InChI=1S/C18H13F2N3O4/c19-13-6-4-11(5-7-13)17-22-15(27-23-17)10-26-16(24)9-21-18(25)12-2-1-3-14(20)8-12/h1-8H,9-10H2,(H,21,25). The van der Waals surface area contributed by atoms with Crippen molar-refractivity contribution in [3.8, 4) is 11.4 Å². The highest BCUT2D eigenvalue weighted by molar-refractivity contribution is 5.95. The van der Waals surface area contributed by atoms with Gasteiger partial charge in [0.25, 0.3) is 11.8 Å². The van der Waals surface area contributed by atoms with Crippen LogP contribution in [0.3, 0.4) is 0 Å². The van der Waals surface area contributed by atoms with Crippen molar-refractivity contribution in [1.29, 1.82) is 0 Å². The maximum atomic E-state index is 13.1. The smallest absolute Gasteiger partial charge is 0.325 e. The molecular formula is C18H13F2N3O4. The third kappa shape index (κ3) is 4.94. The molecule has 7 nitrogen and oxygen atoms in total. The summed E-state index contributed by atoms with van der Waals surface area (Å²) < 4.78 is 35.8. The summed E-state index contributed by atoms with van der Waals surface area (Å²) in [5, 5.41) is 6.03. The molecule has 3 aromatic rings. The Kier molecular flexibility index (Phi) is 5.50. The van der Waals surface area contributed by atoms with Gasteiger partial charge in [-0.05, 0) is 42.5 Å². The number of nitrogens with zero attached hydrogens (tertiary/aromatic N) is 2. The number of benzene rings is 2. The molecule has 0 radical (unpaired) electrons. The van der Waals surface area contributed by atoms with Gasteiger partial charge in [-0.15, -0.1) is 0 Å². The zero-order chi connectivity index (χ0) is 19.2. The zero-order valence-electron chi connectivity index (χ0n) is 13.8. The molecule has 0 bridgehead atoms. The van der Waals surface area contributed by atoms with Gasteiger partial charge in [0.05, 0.1) is 0 Å². The Hall–Kier alpha value is -3.62. The number of rotatable bonds is 6. The second-order valence-electron chi connectivity index (χ2n) is 5.37. The summed E-state index contributed by atoms with van der Waals surface area (Å²) in [7, 11) is 0. The van der Waals surface area contributed by atoms with Crippen molar-refractivity contribution < 1.29 is 27.6 Å². The number of carbonyl (C=O) groups excluding carboxylic acids is 2. The predicted octanol–water partition coefficient (Wildman–Crippen LogP) is 2.49. The fourth-order valence-electron chi connectivity index (χ4n) is 2.11. The Balaban J connectivity index is 1.48. The van der Waals surface area contributed by atoms with Crippen molar-refractivity contribution in [3.05, 3.63) is 71.6 Å². The quantitative estimate of drug-likeness (QED) is 0.667. The number of carbonyl (C=O) groups is 2. The molecule has 1 aromatic heterocycles. The normalized spacial score (nSPS) is 10.4. The number of ether oxygens (including phenoxy) is 1. The van der Waals surface area contributed by atoms with Crippen molar-refractivity contribution >= 4 is 11.9 Å². The molecule has 0 spiro atoms. The van der Waals surface area contributed by atoms with Crippen LogP contribution in [-0.4, -0.2) is 28.6 Å². The predicted molar refractivity (Wildman–Crippen MR) is 88.2 cm³/mol. The largest absolute Gasteiger partial charge is 0.454 e. The Bertz CT molecular complexity index is 957. The number of hydrogen-bond donors (Lipinski definition) is 1. The van der Waals surface area contributed by atoms with E-state index < -0.39 is 30.1 Å². The average molecular weight is 373 g/mol. The second-order valence-corrected chi connectivity index (χ2v) is 5.37. The van der Waals surface area contributed by atoms with E-state index in [1.165, 1.54) is 42.5 Å². The molecule has 1 amide bonds. The molecular weight excluding hydrogens is 360 g/mol. The van der Waals surface area contributed by atoms with Crippen molar-refractivity contribution in [2.24, 2.45) is 0 Å². The molecule has 138 valence electrons. The summed E-state index contributed by atoms with van der Waals surface area (Å²) in [5.74, 6) is -2.03. The van der Waals surface area contributed by atoms with Crippen LogP contribution in [0.15, 0.2) is 53.1 Å². The minimum atomic E-state index is -0.735. The summed E-state index contributed by atoms with van der Waals surface area (Å²) >= 11 is 0. The van der Waals surface area contributed by atoms with Crippen LogP contribution >= 0.6 is 0 Å². The van der Waals surface area contributed by atoms with Gasteiger partial charge < -0.3 is 14.6 Å². The topological polar surface area (TPSA) is 94.3 Å². The van der Waals surface area contributed by atoms with Gasteiger partial charge in [-0.25, -0.2) is 8.78 Å². The zero-order valence-corrected chi connectivity index (χ0v) is 13.8. The van der Waals surface area contributed by atoms with Gasteiger partial charge in [0.2, 0.25) is 5.82 Å². The molecule has 0 fully saturated rings. The molecule has 0 saturated carbocycles. The Morgan fingerprint density at radius 2 is 1.85 bits per heavy atom. The van der Waals surface area contributed by atoms with E-state index in [1.54, 1.807) is 0 Å². The third-order valence-electron chi connectivity index (χ3n) is 3.41. The van der Waals surface area contributed by atoms with E-state index in [1.807, 2.05) is 0 Å². The lowest BCUT2D eigenvalue weighted by Gasteiger charge is -2.05. The minimum absolute atomic E-state index is 0.0409. The Morgan fingerprint density at radius 1 is 1.07 bits per heavy atom. The number of amides is 1. The molecule has 0 aliphatic carbocycles. The first-order valence-electron chi connectivity index (χ1n) is 7.79. The summed E-state index contributed by atoms with van der Waals surface area (Å²) in [6, 6.07) is 10.5. The van der Waals surface area contributed by atoms with Crippen LogP contribution < -0.4 is 5.32 Å². The van der Waals surface area contributed by atoms with Gasteiger partial charge in [-0.2, -0.15) is 4.98 Å². The van der Waals surface area contributed by atoms with E-state index >= 15 is 0 Å². The fraction of sp³-hybridized carbons (Fsp3) is 0.111. The van der Waals surface area contributed by atoms with Crippen LogP contribution in [0.1, 0.15) is 16.2 Å². The average Bonchev–Trinajstić information content (AvgIpc) is 3.14.